The summed E-state index contributed by atoms with van der Waals surface area (Å²) in [6, 6.07) is 2.22. The van der Waals surface area contributed by atoms with Gasteiger partial charge < -0.3 is 16.0 Å². The van der Waals surface area contributed by atoms with Crippen LogP contribution in [0.1, 0.15) is 104 Å². The molecule has 3 aliphatic heterocycles. The number of hydrogen-bond donors (Lipinski definition) is 3. The highest BCUT2D eigenvalue weighted by Crippen LogP contribution is 2.43. The number of nitrogens with one attached hydrogen (secondary N) is 2. The number of amidine groups is 2. The number of fused-ring (bicyclic) bond motifs is 3. The minimum Gasteiger partial charge on any atom is -0.350 e. The summed E-state index contributed by atoms with van der Waals surface area (Å²) in [6.45, 7) is 12.4. The number of aryl methyl sites for hydroxylation is 1. The van der Waals surface area contributed by atoms with Crippen molar-refractivity contribution in [1.29, 1.82) is 0 Å². The van der Waals surface area contributed by atoms with Crippen LogP contribution in [0.2, 0.25) is 0 Å². The molecule has 4 N–H and O–H groups in total. The van der Waals surface area contributed by atoms with Crippen molar-refractivity contribution >= 4 is 23.6 Å². The maximum Gasteiger partial charge on any atom is 0.147 e. The highest BCUT2D eigenvalue weighted by molar-refractivity contribution is 8.01. The average Bonchev–Trinajstić information content (AvgIpc) is 3.73. The quantitative estimate of drug-likeness (QED) is 0.295. The Labute approximate surface area is 258 Å². The Balaban J connectivity index is 1.35. The van der Waals surface area contributed by atoms with Gasteiger partial charge in [0.2, 0.25) is 0 Å². The molecule has 1 aromatic rings. The first-order valence-electron chi connectivity index (χ1n) is 16.6. The van der Waals surface area contributed by atoms with Crippen LogP contribution in [-0.2, 0) is 6.42 Å². The Hall–Kier alpha value is -2.10. The third kappa shape index (κ3) is 7.69. The lowest BCUT2D eigenvalue weighted by atomic mass is 9.84. The van der Waals surface area contributed by atoms with Crippen molar-refractivity contribution in [1.82, 2.24) is 24.7 Å². The van der Waals surface area contributed by atoms with E-state index in [0.717, 1.165) is 99.0 Å². The first-order chi connectivity index (χ1) is 20.4. The molecule has 9 heteroatoms. The van der Waals surface area contributed by atoms with Crippen LogP contribution in [-0.4, -0.2) is 58.1 Å². The Morgan fingerprint density at radius 1 is 1.21 bits per heavy atom. The Morgan fingerprint density at radius 3 is 2.83 bits per heavy atom. The molecule has 0 amide bonds. The summed E-state index contributed by atoms with van der Waals surface area (Å²) in [5.41, 5.74) is 8.80. The Kier molecular flexibility index (Phi) is 10.9. The summed E-state index contributed by atoms with van der Waals surface area (Å²) in [7, 11) is 0. The van der Waals surface area contributed by atoms with Crippen molar-refractivity contribution in [3.8, 4) is 0 Å². The van der Waals surface area contributed by atoms with Gasteiger partial charge in [0.25, 0.3) is 0 Å². The highest BCUT2D eigenvalue weighted by Gasteiger charge is 2.35. The molecule has 4 unspecified atom stereocenters. The third-order valence-electron chi connectivity index (χ3n) is 9.95. The lowest BCUT2D eigenvalue weighted by Crippen LogP contribution is -2.55. The van der Waals surface area contributed by atoms with Gasteiger partial charge in [0.1, 0.15) is 17.8 Å². The monoisotopic (exact) mass is 594 g/mol. The van der Waals surface area contributed by atoms with Crippen LogP contribution >= 0.6 is 11.9 Å². The van der Waals surface area contributed by atoms with Crippen LogP contribution in [0.25, 0.3) is 0 Å². The standard InChI is InChI=1S/C33H54N8S/c1-5-24(3)28(25-12-13-25)16-15-27-18-21-41(39-27)30-17-14-26-22-36-42-31-11-9-10-29(37-31)35-20-8-7-19-33(4,23-34)40(6-2)32(26)38-30/h11,14,18,21,24-25,28,30,36H,5-10,12-13,15-17,19-20,22-23,34H2,1-4H3,(H,35,37). The first kappa shape index (κ1) is 31.3. The summed E-state index contributed by atoms with van der Waals surface area (Å²) < 4.78 is 5.72. The molecule has 5 rings (SSSR count). The topological polar surface area (TPSA) is 95.9 Å². The molecular weight excluding hydrogens is 540 g/mol. The number of aromatic nitrogens is 2. The fraction of sp³-hybridized carbons (Fsp3) is 0.727. The van der Waals surface area contributed by atoms with Gasteiger partial charge in [-0.05, 0) is 101 Å². The normalized spacial score (nSPS) is 27.3. The molecule has 4 atom stereocenters. The van der Waals surface area contributed by atoms with Crippen molar-refractivity contribution in [3.63, 3.8) is 0 Å². The lowest BCUT2D eigenvalue weighted by Gasteiger charge is -2.44. The van der Waals surface area contributed by atoms with Crippen LogP contribution in [0.15, 0.2) is 45.0 Å². The molecule has 8 nitrogen and oxygen atoms in total. The Bertz CT molecular complexity index is 1160. The van der Waals surface area contributed by atoms with E-state index in [1.54, 1.807) is 11.9 Å². The summed E-state index contributed by atoms with van der Waals surface area (Å²) in [6.07, 6.45) is 19.2. The summed E-state index contributed by atoms with van der Waals surface area (Å²) in [5.74, 6) is 4.75. The molecule has 0 spiro atoms. The number of likely N-dealkylation sites (N-methyl/N-ethyl adjacent to an activating group) is 1. The van der Waals surface area contributed by atoms with Crippen molar-refractivity contribution < 1.29 is 0 Å². The minimum atomic E-state index is -0.172. The molecule has 0 aromatic carbocycles. The summed E-state index contributed by atoms with van der Waals surface area (Å²) in [5, 5.41) is 9.75. The molecular formula is C33H54N8S. The molecule has 1 saturated carbocycles. The van der Waals surface area contributed by atoms with Gasteiger partial charge in [0, 0.05) is 50.8 Å². The van der Waals surface area contributed by atoms with Crippen molar-refractivity contribution in [2.45, 2.75) is 110 Å². The molecule has 232 valence electrons. The number of nitrogens with two attached hydrogens (primary N) is 1. The molecule has 4 aliphatic rings. The summed E-state index contributed by atoms with van der Waals surface area (Å²) in [4.78, 5) is 12.8. The smallest absolute Gasteiger partial charge is 0.147 e. The second-order valence-corrected chi connectivity index (χ2v) is 13.9. The van der Waals surface area contributed by atoms with E-state index in [9.17, 15) is 0 Å². The number of rotatable bonds is 9. The third-order valence-corrected chi connectivity index (χ3v) is 10.7. The van der Waals surface area contributed by atoms with Crippen LogP contribution in [0, 0.1) is 17.8 Å². The fourth-order valence-corrected chi connectivity index (χ4v) is 7.67. The van der Waals surface area contributed by atoms with Gasteiger partial charge in [-0.1, -0.05) is 32.4 Å². The molecule has 42 heavy (non-hydrogen) atoms. The van der Waals surface area contributed by atoms with E-state index in [1.165, 1.54) is 37.0 Å². The van der Waals surface area contributed by atoms with E-state index in [4.69, 9.17) is 20.8 Å². The minimum absolute atomic E-state index is 0.0317. The molecule has 2 bridgehead atoms. The van der Waals surface area contributed by atoms with E-state index >= 15 is 0 Å². The van der Waals surface area contributed by atoms with Crippen molar-refractivity contribution in [2.24, 2.45) is 33.5 Å². The predicted molar refractivity (Wildman–Crippen MR) is 177 cm³/mol. The largest absolute Gasteiger partial charge is 0.350 e. The van der Waals surface area contributed by atoms with E-state index in [-0.39, 0.29) is 11.7 Å². The number of nitrogens with zero attached hydrogens (tertiary/aromatic N) is 5. The first-order valence-corrected chi connectivity index (χ1v) is 17.4. The second-order valence-electron chi connectivity index (χ2n) is 13.0. The van der Waals surface area contributed by atoms with Gasteiger partial charge in [-0.3, -0.25) is 9.71 Å². The zero-order valence-electron chi connectivity index (χ0n) is 26.4. The van der Waals surface area contributed by atoms with E-state index in [0.29, 0.717) is 6.54 Å². The molecule has 0 radical (unpaired) electrons. The Morgan fingerprint density at radius 2 is 2.07 bits per heavy atom. The van der Waals surface area contributed by atoms with Crippen LogP contribution < -0.4 is 15.8 Å². The lowest BCUT2D eigenvalue weighted by molar-refractivity contribution is 0.187. The van der Waals surface area contributed by atoms with Gasteiger partial charge in [-0.25, -0.2) is 9.67 Å². The van der Waals surface area contributed by atoms with Gasteiger partial charge in [0.05, 0.1) is 16.3 Å². The van der Waals surface area contributed by atoms with Crippen LogP contribution in [0.5, 0.6) is 0 Å². The number of aliphatic imine (C=N–C) groups is 2. The molecule has 1 aromatic heterocycles. The van der Waals surface area contributed by atoms with Crippen molar-refractivity contribution in [2.75, 3.05) is 26.2 Å². The number of hydrogen-bond acceptors (Lipinski definition) is 8. The molecule has 1 fully saturated rings. The van der Waals surface area contributed by atoms with Gasteiger partial charge in [-0.15, -0.1) is 0 Å². The predicted octanol–water partition coefficient (Wildman–Crippen LogP) is 6.20. The molecule has 4 heterocycles. The second kappa shape index (κ2) is 14.6. The number of allylic oxidation sites excluding steroid dienone is 1. The molecule has 0 saturated heterocycles. The fourth-order valence-electron chi connectivity index (χ4n) is 6.92. The highest BCUT2D eigenvalue weighted by atomic mass is 32.2. The van der Waals surface area contributed by atoms with E-state index < -0.39 is 0 Å². The number of dihydropyridines is 1. The van der Waals surface area contributed by atoms with Gasteiger partial charge in [0.15, 0.2) is 0 Å². The van der Waals surface area contributed by atoms with Crippen LogP contribution in [0.3, 0.4) is 0 Å². The van der Waals surface area contributed by atoms with E-state index in [1.807, 2.05) is 0 Å². The maximum atomic E-state index is 6.52. The van der Waals surface area contributed by atoms with Gasteiger partial charge >= 0.3 is 0 Å². The zero-order chi connectivity index (χ0) is 29.5. The van der Waals surface area contributed by atoms with Crippen molar-refractivity contribution in [3.05, 3.63) is 40.7 Å². The van der Waals surface area contributed by atoms with Gasteiger partial charge in [-0.2, -0.15) is 5.10 Å². The van der Waals surface area contributed by atoms with Crippen LogP contribution in [0.4, 0.5) is 0 Å². The zero-order valence-corrected chi connectivity index (χ0v) is 27.3. The average molecular weight is 595 g/mol. The maximum absolute atomic E-state index is 6.52. The molecule has 1 aliphatic carbocycles. The van der Waals surface area contributed by atoms with E-state index in [2.05, 4.69) is 71.7 Å². The SMILES string of the molecule is CCC(C)C(CCc1ccn(C2CC=C3CNSC4=CCCC(=NCCCCC(C)(CN)N(CC)C3=N2)N4)n1)C1CC1. The summed E-state index contributed by atoms with van der Waals surface area (Å²) >= 11 is 1.66.